The van der Waals surface area contributed by atoms with Crippen molar-refractivity contribution in [1.82, 2.24) is 10.2 Å². The minimum absolute atomic E-state index is 0.0230. The van der Waals surface area contributed by atoms with E-state index >= 15 is 0 Å². The number of aromatic nitrogens is 2. The summed E-state index contributed by atoms with van der Waals surface area (Å²) in [6, 6.07) is 13.6. The molecule has 0 radical (unpaired) electrons. The normalized spacial score (nSPS) is 10.3. The first kappa shape index (κ1) is 16.4. The van der Waals surface area contributed by atoms with Crippen LogP contribution in [0.5, 0.6) is 5.75 Å². The number of carbonyl (C=O) groups excluding carboxylic acids is 2. The quantitative estimate of drug-likeness (QED) is 0.695. The first-order chi connectivity index (χ1) is 12.1. The Morgan fingerprint density at radius 3 is 2.40 bits per heavy atom. The summed E-state index contributed by atoms with van der Waals surface area (Å²) in [5, 5.41) is 10.1. The van der Waals surface area contributed by atoms with Crippen molar-refractivity contribution in [3.63, 3.8) is 0 Å². The van der Waals surface area contributed by atoms with Crippen molar-refractivity contribution in [2.45, 2.75) is 6.92 Å². The van der Waals surface area contributed by atoms with Crippen molar-refractivity contribution in [2.24, 2.45) is 0 Å². The molecule has 1 aromatic heterocycles. The molecule has 0 unspecified atom stereocenters. The Labute approximate surface area is 143 Å². The molecule has 1 heterocycles. The summed E-state index contributed by atoms with van der Waals surface area (Å²) in [4.78, 5) is 23.1. The third-order valence-corrected chi connectivity index (χ3v) is 3.41. The largest absolute Gasteiger partial charge is 0.484 e. The van der Waals surface area contributed by atoms with Crippen molar-refractivity contribution >= 4 is 17.4 Å². The van der Waals surface area contributed by atoms with Crippen LogP contribution in [0.15, 0.2) is 59.3 Å². The van der Waals surface area contributed by atoms with E-state index in [1.165, 1.54) is 13.3 Å². The number of nitrogens with one attached hydrogen (secondary N) is 1. The highest BCUT2D eigenvalue weighted by atomic mass is 16.5. The molecular formula is C18H15N3O4. The Bertz CT molecular complexity index is 856. The van der Waals surface area contributed by atoms with Gasteiger partial charge >= 0.3 is 0 Å². The second kappa shape index (κ2) is 7.39. The van der Waals surface area contributed by atoms with Crippen LogP contribution in [0.1, 0.15) is 17.3 Å². The molecule has 126 valence electrons. The molecule has 3 rings (SSSR count). The lowest BCUT2D eigenvalue weighted by molar-refractivity contribution is -0.118. The van der Waals surface area contributed by atoms with Crippen LogP contribution in [-0.2, 0) is 4.79 Å². The van der Waals surface area contributed by atoms with Gasteiger partial charge in [-0.25, -0.2) is 0 Å². The van der Waals surface area contributed by atoms with Crippen LogP contribution in [0, 0.1) is 0 Å². The van der Waals surface area contributed by atoms with Gasteiger partial charge in [-0.3, -0.25) is 9.59 Å². The Morgan fingerprint density at radius 2 is 1.80 bits per heavy atom. The molecule has 1 N–H and O–H groups in total. The Morgan fingerprint density at radius 1 is 1.08 bits per heavy atom. The van der Waals surface area contributed by atoms with E-state index in [1.807, 2.05) is 0 Å². The van der Waals surface area contributed by atoms with Crippen molar-refractivity contribution in [3.05, 3.63) is 60.5 Å². The van der Waals surface area contributed by atoms with Crippen LogP contribution >= 0.6 is 0 Å². The van der Waals surface area contributed by atoms with Crippen LogP contribution in [0.2, 0.25) is 0 Å². The first-order valence-corrected chi connectivity index (χ1v) is 7.52. The number of hydrogen-bond donors (Lipinski definition) is 1. The zero-order chi connectivity index (χ0) is 17.6. The fraction of sp³-hybridized carbons (Fsp3) is 0.111. The van der Waals surface area contributed by atoms with Crippen molar-refractivity contribution in [1.29, 1.82) is 0 Å². The highest BCUT2D eigenvalue weighted by Crippen LogP contribution is 2.20. The van der Waals surface area contributed by atoms with E-state index in [4.69, 9.17) is 9.15 Å². The molecule has 3 aromatic rings. The van der Waals surface area contributed by atoms with E-state index in [9.17, 15) is 9.59 Å². The maximum absolute atomic E-state index is 11.9. The summed E-state index contributed by atoms with van der Waals surface area (Å²) < 4.78 is 10.5. The maximum Gasteiger partial charge on any atom is 0.262 e. The summed E-state index contributed by atoms with van der Waals surface area (Å²) in [6.45, 7) is 1.36. The number of anilines is 1. The monoisotopic (exact) mass is 337 g/mol. The third kappa shape index (κ3) is 4.29. The van der Waals surface area contributed by atoms with Crippen molar-refractivity contribution in [3.8, 4) is 17.2 Å². The van der Waals surface area contributed by atoms with Gasteiger partial charge in [0.1, 0.15) is 5.75 Å². The summed E-state index contributed by atoms with van der Waals surface area (Å²) >= 11 is 0. The molecule has 0 aliphatic rings. The molecule has 7 nitrogen and oxygen atoms in total. The number of amides is 1. The second-order valence-electron chi connectivity index (χ2n) is 5.24. The van der Waals surface area contributed by atoms with Gasteiger partial charge in [-0.2, -0.15) is 0 Å². The molecule has 25 heavy (non-hydrogen) atoms. The molecule has 0 saturated carbocycles. The molecule has 7 heteroatoms. The van der Waals surface area contributed by atoms with Gasteiger partial charge in [0.15, 0.2) is 12.4 Å². The summed E-state index contributed by atoms with van der Waals surface area (Å²) in [7, 11) is 0. The fourth-order valence-corrected chi connectivity index (χ4v) is 2.13. The number of nitrogens with zero attached hydrogens (tertiary/aromatic N) is 2. The van der Waals surface area contributed by atoms with Gasteiger partial charge < -0.3 is 14.5 Å². The van der Waals surface area contributed by atoms with Crippen molar-refractivity contribution < 1.29 is 18.7 Å². The fourth-order valence-electron chi connectivity index (χ4n) is 2.13. The minimum Gasteiger partial charge on any atom is -0.484 e. The number of ketones is 1. The lowest BCUT2D eigenvalue weighted by Crippen LogP contribution is -2.20. The molecule has 1 amide bonds. The number of benzene rings is 2. The van der Waals surface area contributed by atoms with E-state index in [0.717, 1.165) is 5.56 Å². The van der Waals surface area contributed by atoms with Crippen LogP contribution in [0.3, 0.4) is 0 Å². The molecular weight excluding hydrogens is 322 g/mol. The SMILES string of the molecule is CC(=O)c1ccc(NC(=O)COc2ccc(-c3nnco3)cc2)cc1. The number of ether oxygens (including phenoxy) is 1. The topological polar surface area (TPSA) is 94.3 Å². The first-order valence-electron chi connectivity index (χ1n) is 7.52. The van der Waals surface area contributed by atoms with Gasteiger partial charge in [0.25, 0.3) is 5.91 Å². The standard InChI is InChI=1S/C18H15N3O4/c1-12(22)13-2-6-15(7-3-13)20-17(23)10-24-16-8-4-14(5-9-16)18-21-19-11-25-18/h2-9,11H,10H2,1H3,(H,20,23). The zero-order valence-corrected chi connectivity index (χ0v) is 13.4. The predicted molar refractivity (Wildman–Crippen MR) is 90.3 cm³/mol. The van der Waals surface area contributed by atoms with Gasteiger partial charge in [-0.15, -0.1) is 10.2 Å². The molecule has 0 atom stereocenters. The van der Waals surface area contributed by atoms with Crippen molar-refractivity contribution in [2.75, 3.05) is 11.9 Å². The maximum atomic E-state index is 11.9. The smallest absolute Gasteiger partial charge is 0.262 e. The van der Waals surface area contributed by atoms with E-state index < -0.39 is 0 Å². The molecule has 2 aromatic carbocycles. The number of Topliss-reactive ketones (excluding diaryl/α,β-unsaturated/α-hetero) is 1. The highest BCUT2D eigenvalue weighted by molar-refractivity contribution is 5.95. The summed E-state index contributed by atoms with van der Waals surface area (Å²) in [6.07, 6.45) is 1.26. The van der Waals surface area contributed by atoms with E-state index in [0.29, 0.717) is 22.9 Å². The average molecular weight is 337 g/mol. The van der Waals surface area contributed by atoms with E-state index in [2.05, 4.69) is 15.5 Å². The molecule has 0 aliphatic carbocycles. The van der Waals surface area contributed by atoms with Crippen LogP contribution in [0.25, 0.3) is 11.5 Å². The molecule has 0 aliphatic heterocycles. The number of rotatable bonds is 6. The minimum atomic E-state index is -0.295. The third-order valence-electron chi connectivity index (χ3n) is 3.41. The van der Waals surface area contributed by atoms with E-state index in [1.54, 1.807) is 48.5 Å². The summed E-state index contributed by atoms with van der Waals surface area (Å²) in [5.41, 5.74) is 1.96. The highest BCUT2D eigenvalue weighted by Gasteiger charge is 2.07. The lowest BCUT2D eigenvalue weighted by atomic mass is 10.1. The molecule has 0 bridgehead atoms. The van der Waals surface area contributed by atoms with Gasteiger partial charge in [0.2, 0.25) is 12.3 Å². The molecule has 0 spiro atoms. The Hall–Kier alpha value is -3.48. The Kier molecular flexibility index (Phi) is 4.84. The van der Waals surface area contributed by atoms with Gasteiger partial charge in [-0.1, -0.05) is 0 Å². The van der Waals surface area contributed by atoms with Gasteiger partial charge in [0, 0.05) is 16.8 Å². The zero-order valence-electron chi connectivity index (χ0n) is 13.4. The van der Waals surface area contributed by atoms with Crippen LogP contribution < -0.4 is 10.1 Å². The van der Waals surface area contributed by atoms with Crippen LogP contribution in [-0.4, -0.2) is 28.5 Å². The van der Waals surface area contributed by atoms with Crippen LogP contribution in [0.4, 0.5) is 5.69 Å². The predicted octanol–water partition coefficient (Wildman–Crippen LogP) is 2.96. The second-order valence-corrected chi connectivity index (χ2v) is 5.24. The summed E-state index contributed by atoms with van der Waals surface area (Å²) in [5.74, 6) is 0.644. The Balaban J connectivity index is 1.52. The van der Waals surface area contributed by atoms with E-state index in [-0.39, 0.29) is 18.3 Å². The number of hydrogen-bond acceptors (Lipinski definition) is 6. The molecule has 0 saturated heterocycles. The van der Waals surface area contributed by atoms with Gasteiger partial charge in [0.05, 0.1) is 0 Å². The molecule has 0 fully saturated rings. The van der Waals surface area contributed by atoms with Gasteiger partial charge in [-0.05, 0) is 55.5 Å². The average Bonchev–Trinajstić information content (AvgIpc) is 3.15. The lowest BCUT2D eigenvalue weighted by Gasteiger charge is -2.08. The number of carbonyl (C=O) groups is 2.